The van der Waals surface area contributed by atoms with Crippen LogP contribution in [0.25, 0.3) is 11.4 Å². The van der Waals surface area contributed by atoms with Crippen molar-refractivity contribution in [3.8, 4) is 17.1 Å². The van der Waals surface area contributed by atoms with Crippen molar-refractivity contribution in [1.82, 2.24) is 10.1 Å². The van der Waals surface area contributed by atoms with Crippen LogP contribution in [0.15, 0.2) is 27.2 Å². The number of halogens is 1. The van der Waals surface area contributed by atoms with Gasteiger partial charge in [-0.05, 0) is 25.1 Å². The van der Waals surface area contributed by atoms with E-state index in [2.05, 4.69) is 26.1 Å². The molecule has 0 fully saturated rings. The molecule has 0 unspecified atom stereocenters. The lowest BCUT2D eigenvalue weighted by atomic mass is 10.2. The SMILES string of the molecule is CCOC(=O)c1nc(-c2cc(Br)cc(OC)c2)no1. The van der Waals surface area contributed by atoms with Gasteiger partial charge in [-0.3, -0.25) is 0 Å². The molecule has 0 saturated heterocycles. The molecule has 2 rings (SSSR count). The van der Waals surface area contributed by atoms with Crippen LogP contribution >= 0.6 is 15.9 Å². The van der Waals surface area contributed by atoms with E-state index in [4.69, 9.17) is 14.0 Å². The summed E-state index contributed by atoms with van der Waals surface area (Å²) in [5.41, 5.74) is 0.672. The summed E-state index contributed by atoms with van der Waals surface area (Å²) in [7, 11) is 1.56. The molecule has 1 aromatic heterocycles. The van der Waals surface area contributed by atoms with Crippen molar-refractivity contribution in [2.45, 2.75) is 6.92 Å². The summed E-state index contributed by atoms with van der Waals surface area (Å²) in [6.45, 7) is 1.95. The van der Waals surface area contributed by atoms with Gasteiger partial charge in [0.2, 0.25) is 5.82 Å². The van der Waals surface area contributed by atoms with Crippen LogP contribution in [0.5, 0.6) is 5.75 Å². The number of benzene rings is 1. The lowest BCUT2D eigenvalue weighted by molar-refractivity contribution is 0.0470. The van der Waals surface area contributed by atoms with Crippen LogP contribution in [0.3, 0.4) is 0 Å². The third kappa shape index (κ3) is 3.11. The van der Waals surface area contributed by atoms with Crippen molar-refractivity contribution in [2.24, 2.45) is 0 Å². The summed E-state index contributed by atoms with van der Waals surface area (Å²) in [6, 6.07) is 5.34. The number of nitrogens with zero attached hydrogens (tertiary/aromatic N) is 2. The van der Waals surface area contributed by atoms with E-state index in [1.54, 1.807) is 32.2 Å². The van der Waals surface area contributed by atoms with E-state index >= 15 is 0 Å². The number of hydrogen-bond acceptors (Lipinski definition) is 6. The summed E-state index contributed by atoms with van der Waals surface area (Å²) in [5, 5.41) is 3.74. The Bertz CT molecular complexity index is 597. The highest BCUT2D eigenvalue weighted by Crippen LogP contribution is 2.27. The Morgan fingerprint density at radius 3 is 2.89 bits per heavy atom. The molecule has 0 amide bonds. The molecule has 2 aromatic rings. The van der Waals surface area contributed by atoms with Gasteiger partial charge in [0.25, 0.3) is 0 Å². The summed E-state index contributed by atoms with van der Waals surface area (Å²) < 4.78 is 15.6. The first-order chi connectivity index (χ1) is 9.13. The van der Waals surface area contributed by atoms with Gasteiger partial charge in [-0.25, -0.2) is 4.79 Å². The highest BCUT2D eigenvalue weighted by Gasteiger charge is 2.17. The van der Waals surface area contributed by atoms with Crippen molar-refractivity contribution in [2.75, 3.05) is 13.7 Å². The average Bonchev–Trinajstić information content (AvgIpc) is 2.88. The van der Waals surface area contributed by atoms with Crippen LogP contribution in [0, 0.1) is 0 Å². The molecule has 19 heavy (non-hydrogen) atoms. The Balaban J connectivity index is 2.32. The van der Waals surface area contributed by atoms with Crippen molar-refractivity contribution >= 4 is 21.9 Å². The van der Waals surface area contributed by atoms with E-state index in [1.165, 1.54) is 0 Å². The van der Waals surface area contributed by atoms with Gasteiger partial charge >= 0.3 is 11.9 Å². The standard InChI is InChI=1S/C12H11BrN2O4/c1-3-18-12(16)11-14-10(15-19-11)7-4-8(13)6-9(5-7)17-2/h4-6H,3H2,1-2H3. The number of esters is 1. The molecule has 0 saturated carbocycles. The fourth-order valence-corrected chi connectivity index (χ4v) is 1.90. The molecule has 0 radical (unpaired) electrons. The molecule has 0 aliphatic heterocycles. The quantitative estimate of drug-likeness (QED) is 0.804. The highest BCUT2D eigenvalue weighted by molar-refractivity contribution is 9.10. The molecule has 1 aromatic carbocycles. The van der Waals surface area contributed by atoms with E-state index in [0.29, 0.717) is 17.1 Å². The van der Waals surface area contributed by atoms with Gasteiger partial charge in [0.1, 0.15) is 5.75 Å². The van der Waals surface area contributed by atoms with Gasteiger partial charge in [0, 0.05) is 10.0 Å². The summed E-state index contributed by atoms with van der Waals surface area (Å²) in [6.07, 6.45) is 0. The third-order valence-electron chi connectivity index (χ3n) is 2.24. The van der Waals surface area contributed by atoms with Crippen LogP contribution in [0.4, 0.5) is 0 Å². The van der Waals surface area contributed by atoms with E-state index in [1.807, 2.05) is 0 Å². The Kier molecular flexibility index (Phi) is 4.16. The van der Waals surface area contributed by atoms with Gasteiger partial charge in [-0.1, -0.05) is 21.1 Å². The molecule has 1 heterocycles. The van der Waals surface area contributed by atoms with Crippen LogP contribution in [0.2, 0.25) is 0 Å². The first kappa shape index (κ1) is 13.5. The minimum absolute atomic E-state index is 0.171. The maximum absolute atomic E-state index is 11.4. The highest BCUT2D eigenvalue weighted by atomic mass is 79.9. The zero-order chi connectivity index (χ0) is 13.8. The summed E-state index contributed by atoms with van der Waals surface area (Å²) >= 11 is 3.35. The number of ether oxygens (including phenoxy) is 2. The molecule has 0 aliphatic rings. The molecule has 0 aliphatic carbocycles. The first-order valence-corrected chi connectivity index (χ1v) is 6.29. The minimum atomic E-state index is -0.636. The molecule has 7 heteroatoms. The maximum Gasteiger partial charge on any atom is 0.397 e. The number of rotatable bonds is 4. The third-order valence-corrected chi connectivity index (χ3v) is 2.70. The normalized spacial score (nSPS) is 10.3. The zero-order valence-electron chi connectivity index (χ0n) is 10.3. The lowest BCUT2D eigenvalue weighted by Gasteiger charge is -2.02. The molecule has 0 atom stereocenters. The fraction of sp³-hybridized carbons (Fsp3) is 0.250. The van der Waals surface area contributed by atoms with Crippen molar-refractivity contribution in [3.63, 3.8) is 0 Å². The molecule has 0 N–H and O–H groups in total. The van der Waals surface area contributed by atoms with E-state index < -0.39 is 5.97 Å². The van der Waals surface area contributed by atoms with Crippen LogP contribution < -0.4 is 4.74 Å². The number of carbonyl (C=O) groups is 1. The maximum atomic E-state index is 11.4. The Labute approximate surface area is 117 Å². The lowest BCUT2D eigenvalue weighted by Crippen LogP contribution is -2.04. The second-order valence-corrected chi connectivity index (χ2v) is 4.44. The Hall–Kier alpha value is -1.89. The van der Waals surface area contributed by atoms with Gasteiger partial charge < -0.3 is 14.0 Å². The monoisotopic (exact) mass is 326 g/mol. The van der Waals surface area contributed by atoms with E-state index in [9.17, 15) is 4.79 Å². The first-order valence-electron chi connectivity index (χ1n) is 5.49. The topological polar surface area (TPSA) is 74.5 Å². The van der Waals surface area contributed by atoms with Gasteiger partial charge in [0.05, 0.1) is 13.7 Å². The zero-order valence-corrected chi connectivity index (χ0v) is 11.9. The number of carbonyl (C=O) groups excluding carboxylic acids is 1. The van der Waals surface area contributed by atoms with Crippen LogP contribution in [0.1, 0.15) is 17.6 Å². The van der Waals surface area contributed by atoms with E-state index in [-0.39, 0.29) is 12.5 Å². The predicted octanol–water partition coefficient (Wildman–Crippen LogP) is 2.68. The second kappa shape index (κ2) is 5.83. The van der Waals surface area contributed by atoms with Gasteiger partial charge in [-0.2, -0.15) is 4.98 Å². The molecular formula is C12H11BrN2O4. The number of methoxy groups -OCH3 is 1. The largest absolute Gasteiger partial charge is 0.497 e. The minimum Gasteiger partial charge on any atom is -0.497 e. The molecule has 6 nitrogen and oxygen atoms in total. The summed E-state index contributed by atoms with van der Waals surface area (Å²) in [4.78, 5) is 15.4. The van der Waals surface area contributed by atoms with Crippen LogP contribution in [-0.4, -0.2) is 29.8 Å². The molecule has 0 spiro atoms. The van der Waals surface area contributed by atoms with Crippen molar-refractivity contribution in [3.05, 3.63) is 28.6 Å². The average molecular weight is 327 g/mol. The Morgan fingerprint density at radius 2 is 2.21 bits per heavy atom. The van der Waals surface area contributed by atoms with Crippen LogP contribution in [-0.2, 0) is 4.74 Å². The Morgan fingerprint density at radius 1 is 1.42 bits per heavy atom. The van der Waals surface area contributed by atoms with Crippen molar-refractivity contribution < 1.29 is 18.8 Å². The molecule has 0 bridgehead atoms. The number of aromatic nitrogens is 2. The number of hydrogen-bond donors (Lipinski definition) is 0. The van der Waals surface area contributed by atoms with Gasteiger partial charge in [0.15, 0.2) is 0 Å². The van der Waals surface area contributed by atoms with Gasteiger partial charge in [-0.15, -0.1) is 0 Å². The molecular weight excluding hydrogens is 316 g/mol. The fourth-order valence-electron chi connectivity index (χ4n) is 1.43. The summed E-state index contributed by atoms with van der Waals surface area (Å²) in [5.74, 6) is 0.133. The van der Waals surface area contributed by atoms with E-state index in [0.717, 1.165) is 4.47 Å². The smallest absolute Gasteiger partial charge is 0.397 e. The molecule has 100 valence electrons. The predicted molar refractivity (Wildman–Crippen MR) is 69.9 cm³/mol. The van der Waals surface area contributed by atoms with Crippen molar-refractivity contribution in [1.29, 1.82) is 0 Å². The second-order valence-electron chi connectivity index (χ2n) is 3.52.